The summed E-state index contributed by atoms with van der Waals surface area (Å²) in [6.07, 6.45) is 5.13. The van der Waals surface area contributed by atoms with Crippen molar-refractivity contribution < 1.29 is 0 Å². The molecule has 3 aromatic rings. The maximum absolute atomic E-state index is 6.20. The van der Waals surface area contributed by atoms with E-state index in [1.54, 1.807) is 18.7 Å². The largest absolute Gasteiger partial charge is 0.353 e. The van der Waals surface area contributed by atoms with Gasteiger partial charge in [0.1, 0.15) is 18.0 Å². The fourth-order valence-corrected chi connectivity index (χ4v) is 3.18. The molecule has 3 heterocycles. The normalized spacial score (nSPS) is 14.3. The fourth-order valence-electron chi connectivity index (χ4n) is 3.00. The maximum Gasteiger partial charge on any atom is 0.225 e. The molecule has 27 heavy (non-hydrogen) atoms. The molecule has 2 aromatic heterocycles. The van der Waals surface area contributed by atoms with Gasteiger partial charge in [-0.3, -0.25) is 0 Å². The zero-order chi connectivity index (χ0) is 18.6. The summed E-state index contributed by atoms with van der Waals surface area (Å²) in [5.41, 5.74) is 1.95. The van der Waals surface area contributed by atoms with Crippen LogP contribution in [0.15, 0.2) is 49.1 Å². The Kier molecular flexibility index (Phi) is 5.02. The molecular weight excluding hydrogens is 362 g/mol. The van der Waals surface area contributed by atoms with Gasteiger partial charge in [-0.05, 0) is 30.7 Å². The second-order valence-corrected chi connectivity index (χ2v) is 6.78. The maximum atomic E-state index is 6.20. The zero-order valence-corrected chi connectivity index (χ0v) is 15.8. The molecule has 0 radical (unpaired) electrons. The zero-order valence-electron chi connectivity index (χ0n) is 15.0. The van der Waals surface area contributed by atoms with Crippen molar-refractivity contribution in [2.45, 2.75) is 6.92 Å². The molecule has 1 aromatic carbocycles. The van der Waals surface area contributed by atoms with E-state index in [1.165, 1.54) is 0 Å². The number of aryl methyl sites for hydroxylation is 1. The van der Waals surface area contributed by atoms with Crippen LogP contribution in [-0.2, 0) is 0 Å². The molecule has 1 N–H and O–H groups in total. The van der Waals surface area contributed by atoms with E-state index in [2.05, 4.69) is 35.1 Å². The predicted octanol–water partition coefficient (Wildman–Crippen LogP) is 3.30. The van der Waals surface area contributed by atoms with Crippen LogP contribution in [-0.4, -0.2) is 46.1 Å². The molecule has 0 atom stereocenters. The standard InChI is InChI=1S/C19H20ClN7/c1-14-3-4-15(11-16(14)20)25-17-12-18(24-13-23-17)26-7-9-27(10-8-26)19-21-5-2-6-22-19/h2-6,11-13H,7-10H2,1H3,(H,23,24,25). The average molecular weight is 382 g/mol. The lowest BCUT2D eigenvalue weighted by atomic mass is 10.2. The third kappa shape index (κ3) is 4.09. The van der Waals surface area contributed by atoms with E-state index in [0.717, 1.165) is 60.0 Å². The highest BCUT2D eigenvalue weighted by Crippen LogP contribution is 2.24. The molecule has 138 valence electrons. The number of anilines is 4. The van der Waals surface area contributed by atoms with E-state index in [1.807, 2.05) is 37.3 Å². The quantitative estimate of drug-likeness (QED) is 0.743. The highest BCUT2D eigenvalue weighted by molar-refractivity contribution is 6.31. The van der Waals surface area contributed by atoms with Crippen LogP contribution in [0.2, 0.25) is 5.02 Å². The summed E-state index contributed by atoms with van der Waals surface area (Å²) in [6.45, 7) is 5.39. The van der Waals surface area contributed by atoms with Gasteiger partial charge >= 0.3 is 0 Å². The first kappa shape index (κ1) is 17.5. The molecule has 0 saturated carbocycles. The summed E-state index contributed by atoms with van der Waals surface area (Å²) >= 11 is 6.20. The van der Waals surface area contributed by atoms with Gasteiger partial charge in [-0.1, -0.05) is 17.7 Å². The average Bonchev–Trinajstić information content (AvgIpc) is 2.72. The van der Waals surface area contributed by atoms with Gasteiger partial charge in [-0.25, -0.2) is 19.9 Å². The molecule has 7 nitrogen and oxygen atoms in total. The molecular formula is C19H20ClN7. The summed E-state index contributed by atoms with van der Waals surface area (Å²) in [5, 5.41) is 4.02. The number of piperazine rings is 1. The highest BCUT2D eigenvalue weighted by Gasteiger charge is 2.20. The Hall–Kier alpha value is -2.93. The smallest absolute Gasteiger partial charge is 0.225 e. The Balaban J connectivity index is 1.43. The number of hydrogen-bond donors (Lipinski definition) is 1. The van der Waals surface area contributed by atoms with Crippen LogP contribution < -0.4 is 15.1 Å². The van der Waals surface area contributed by atoms with E-state index < -0.39 is 0 Å². The van der Waals surface area contributed by atoms with Crippen molar-refractivity contribution >= 4 is 34.9 Å². The predicted molar refractivity (Wildman–Crippen MR) is 108 cm³/mol. The van der Waals surface area contributed by atoms with Crippen LogP contribution in [0.1, 0.15) is 5.56 Å². The van der Waals surface area contributed by atoms with E-state index in [-0.39, 0.29) is 0 Å². The van der Waals surface area contributed by atoms with Crippen molar-refractivity contribution in [2.24, 2.45) is 0 Å². The first-order valence-electron chi connectivity index (χ1n) is 8.81. The van der Waals surface area contributed by atoms with Crippen molar-refractivity contribution in [3.05, 3.63) is 59.6 Å². The van der Waals surface area contributed by atoms with Crippen molar-refractivity contribution in [1.29, 1.82) is 0 Å². The molecule has 1 aliphatic rings. The molecule has 0 aliphatic carbocycles. The van der Waals surface area contributed by atoms with Crippen molar-refractivity contribution in [2.75, 3.05) is 41.3 Å². The number of benzene rings is 1. The third-order valence-electron chi connectivity index (χ3n) is 4.54. The number of aromatic nitrogens is 4. The fraction of sp³-hybridized carbons (Fsp3) is 0.263. The van der Waals surface area contributed by atoms with Crippen LogP contribution in [0.5, 0.6) is 0 Å². The molecule has 0 unspecified atom stereocenters. The van der Waals surface area contributed by atoms with E-state index in [0.29, 0.717) is 0 Å². The summed E-state index contributed by atoms with van der Waals surface area (Å²) in [4.78, 5) is 21.8. The minimum absolute atomic E-state index is 0.730. The first-order chi connectivity index (χ1) is 13.2. The molecule has 8 heteroatoms. The number of nitrogens with zero attached hydrogens (tertiary/aromatic N) is 6. The molecule has 1 saturated heterocycles. The lowest BCUT2D eigenvalue weighted by Crippen LogP contribution is -2.47. The van der Waals surface area contributed by atoms with Crippen LogP contribution in [0.25, 0.3) is 0 Å². The summed E-state index contributed by atoms with van der Waals surface area (Å²) < 4.78 is 0. The third-order valence-corrected chi connectivity index (χ3v) is 4.94. The van der Waals surface area contributed by atoms with Crippen LogP contribution in [0, 0.1) is 6.92 Å². The number of rotatable bonds is 4. The minimum atomic E-state index is 0.730. The Morgan fingerprint density at radius 1 is 0.926 bits per heavy atom. The molecule has 4 rings (SSSR count). The van der Waals surface area contributed by atoms with Gasteiger partial charge in [0, 0.05) is 55.3 Å². The van der Waals surface area contributed by atoms with Crippen LogP contribution >= 0.6 is 11.6 Å². The first-order valence-corrected chi connectivity index (χ1v) is 9.19. The van der Waals surface area contributed by atoms with Gasteiger partial charge in [0.05, 0.1) is 0 Å². The van der Waals surface area contributed by atoms with Crippen LogP contribution in [0.4, 0.5) is 23.3 Å². The number of halogens is 1. The van der Waals surface area contributed by atoms with Gasteiger partial charge < -0.3 is 15.1 Å². The Bertz CT molecular complexity index is 911. The Morgan fingerprint density at radius 2 is 1.67 bits per heavy atom. The van der Waals surface area contributed by atoms with E-state index >= 15 is 0 Å². The topological polar surface area (TPSA) is 70.1 Å². The number of hydrogen-bond acceptors (Lipinski definition) is 7. The Morgan fingerprint density at radius 3 is 2.41 bits per heavy atom. The summed E-state index contributed by atoms with van der Waals surface area (Å²) in [5.74, 6) is 2.42. The summed E-state index contributed by atoms with van der Waals surface area (Å²) in [6, 6.07) is 9.66. The Labute approximate surface area is 163 Å². The lowest BCUT2D eigenvalue weighted by Gasteiger charge is -2.35. The van der Waals surface area contributed by atoms with Crippen LogP contribution in [0.3, 0.4) is 0 Å². The van der Waals surface area contributed by atoms with Gasteiger partial charge in [-0.2, -0.15) is 0 Å². The summed E-state index contributed by atoms with van der Waals surface area (Å²) in [7, 11) is 0. The second kappa shape index (κ2) is 7.75. The molecule has 0 bridgehead atoms. The highest BCUT2D eigenvalue weighted by atomic mass is 35.5. The number of nitrogens with one attached hydrogen (secondary N) is 1. The monoisotopic (exact) mass is 381 g/mol. The van der Waals surface area contributed by atoms with Gasteiger partial charge in [-0.15, -0.1) is 0 Å². The minimum Gasteiger partial charge on any atom is -0.353 e. The molecule has 1 fully saturated rings. The SMILES string of the molecule is Cc1ccc(Nc2cc(N3CCN(c4ncccn4)CC3)ncn2)cc1Cl. The molecule has 0 amide bonds. The van der Waals surface area contributed by atoms with Crippen molar-refractivity contribution in [3.63, 3.8) is 0 Å². The molecule has 0 spiro atoms. The van der Waals surface area contributed by atoms with Gasteiger partial charge in [0.15, 0.2) is 0 Å². The lowest BCUT2D eigenvalue weighted by molar-refractivity contribution is 0.634. The van der Waals surface area contributed by atoms with E-state index in [9.17, 15) is 0 Å². The van der Waals surface area contributed by atoms with E-state index in [4.69, 9.17) is 11.6 Å². The molecule has 1 aliphatic heterocycles. The van der Waals surface area contributed by atoms with Crippen molar-refractivity contribution in [3.8, 4) is 0 Å². The second-order valence-electron chi connectivity index (χ2n) is 6.37. The van der Waals surface area contributed by atoms with Crippen molar-refractivity contribution in [1.82, 2.24) is 19.9 Å². The van der Waals surface area contributed by atoms with Gasteiger partial charge in [0.25, 0.3) is 0 Å². The van der Waals surface area contributed by atoms with Gasteiger partial charge in [0.2, 0.25) is 5.95 Å².